The number of benzene rings is 3. The van der Waals surface area contributed by atoms with E-state index in [0.717, 1.165) is 10.0 Å². The second-order valence-electron chi connectivity index (χ2n) is 8.27. The molecular weight excluding hydrogens is 518 g/mol. The summed E-state index contributed by atoms with van der Waals surface area (Å²) in [4.78, 5) is 28.9. The van der Waals surface area contributed by atoms with E-state index in [-0.39, 0.29) is 41.6 Å². The minimum absolute atomic E-state index is 0.00241. The number of carbonyl (C=O) groups is 1. The van der Waals surface area contributed by atoms with Crippen molar-refractivity contribution in [2.75, 3.05) is 13.9 Å². The standard InChI is InChI=1S/C26H18BrNO7/c1-32-20-9-14(3-5-17(20)29)23-22-24(30)16-10-15(27)4-7-18(16)35-25(22)26(31)28(23)11-13-2-6-19-21(8-13)34-12-33-19/h2-10,23,29H,11-12H2,1H3/t23-/m0/s1. The molecule has 4 aromatic rings. The van der Waals surface area contributed by atoms with E-state index in [9.17, 15) is 14.7 Å². The first kappa shape index (κ1) is 21.5. The van der Waals surface area contributed by atoms with E-state index in [1.807, 2.05) is 12.1 Å². The Bertz CT molecular complexity index is 1580. The quantitative estimate of drug-likeness (QED) is 0.402. The van der Waals surface area contributed by atoms with Crippen LogP contribution in [0.15, 0.2) is 68.3 Å². The smallest absolute Gasteiger partial charge is 0.291 e. The van der Waals surface area contributed by atoms with E-state index in [1.54, 1.807) is 41.3 Å². The zero-order chi connectivity index (χ0) is 24.3. The normalized spacial score (nSPS) is 16.1. The molecule has 0 spiro atoms. The van der Waals surface area contributed by atoms with Gasteiger partial charge in [0.25, 0.3) is 5.91 Å². The molecule has 6 rings (SSSR count). The van der Waals surface area contributed by atoms with Crippen LogP contribution in [0.1, 0.15) is 33.3 Å². The summed E-state index contributed by atoms with van der Waals surface area (Å²) < 4.78 is 22.9. The fraction of sp³-hybridized carbons (Fsp3) is 0.154. The molecule has 1 amide bonds. The van der Waals surface area contributed by atoms with Crippen molar-refractivity contribution in [2.24, 2.45) is 0 Å². The van der Waals surface area contributed by atoms with Gasteiger partial charge in [-0.1, -0.05) is 28.1 Å². The summed E-state index contributed by atoms with van der Waals surface area (Å²) >= 11 is 3.40. The minimum Gasteiger partial charge on any atom is -0.504 e. The zero-order valence-electron chi connectivity index (χ0n) is 18.4. The van der Waals surface area contributed by atoms with Crippen molar-refractivity contribution >= 4 is 32.8 Å². The van der Waals surface area contributed by atoms with Crippen LogP contribution in [0.5, 0.6) is 23.0 Å². The third kappa shape index (κ3) is 3.42. The van der Waals surface area contributed by atoms with Gasteiger partial charge in [0.1, 0.15) is 5.58 Å². The Morgan fingerprint density at radius 3 is 2.71 bits per heavy atom. The molecule has 2 aliphatic rings. The van der Waals surface area contributed by atoms with Crippen LogP contribution < -0.4 is 19.6 Å². The van der Waals surface area contributed by atoms with E-state index in [1.165, 1.54) is 13.2 Å². The lowest BCUT2D eigenvalue weighted by atomic mass is 9.97. The zero-order valence-corrected chi connectivity index (χ0v) is 20.0. The van der Waals surface area contributed by atoms with Crippen molar-refractivity contribution in [3.05, 3.63) is 91.7 Å². The molecular formula is C26H18BrNO7. The van der Waals surface area contributed by atoms with E-state index >= 15 is 0 Å². The average Bonchev–Trinajstić information content (AvgIpc) is 3.43. The largest absolute Gasteiger partial charge is 0.504 e. The number of methoxy groups -OCH3 is 1. The molecule has 0 aliphatic carbocycles. The molecule has 1 atom stereocenters. The van der Waals surface area contributed by atoms with Crippen LogP contribution in [0, 0.1) is 0 Å². The molecule has 1 aromatic heterocycles. The third-order valence-corrected chi connectivity index (χ3v) is 6.73. The minimum atomic E-state index is -0.753. The van der Waals surface area contributed by atoms with Crippen LogP contribution in [0.4, 0.5) is 0 Å². The first-order chi connectivity index (χ1) is 16.9. The van der Waals surface area contributed by atoms with Gasteiger partial charge in [-0.2, -0.15) is 0 Å². The highest BCUT2D eigenvalue weighted by Gasteiger charge is 2.43. The summed E-state index contributed by atoms with van der Waals surface area (Å²) in [6.07, 6.45) is 0. The van der Waals surface area contributed by atoms with Crippen LogP contribution in [-0.4, -0.2) is 29.8 Å². The van der Waals surface area contributed by atoms with Crippen LogP contribution in [-0.2, 0) is 6.54 Å². The number of phenols is 1. The van der Waals surface area contributed by atoms with Gasteiger partial charge in [-0.25, -0.2) is 0 Å². The van der Waals surface area contributed by atoms with Crippen LogP contribution in [0.25, 0.3) is 11.0 Å². The molecule has 0 saturated heterocycles. The molecule has 0 fully saturated rings. The second-order valence-corrected chi connectivity index (χ2v) is 9.18. The maximum absolute atomic E-state index is 13.7. The van der Waals surface area contributed by atoms with Gasteiger partial charge in [0, 0.05) is 11.0 Å². The lowest BCUT2D eigenvalue weighted by molar-refractivity contribution is 0.0714. The SMILES string of the molecule is COc1cc([C@H]2c3c(oc4ccc(Br)cc4c3=O)C(=O)N2Cc2ccc3c(c2)OCO3)ccc1O. The molecule has 0 radical (unpaired) electrons. The van der Waals surface area contributed by atoms with Gasteiger partial charge in [-0.05, 0) is 53.6 Å². The predicted octanol–water partition coefficient (Wildman–Crippen LogP) is 4.74. The fourth-order valence-electron chi connectivity index (χ4n) is 4.60. The Morgan fingerprint density at radius 1 is 1.06 bits per heavy atom. The predicted molar refractivity (Wildman–Crippen MR) is 129 cm³/mol. The molecule has 8 nitrogen and oxygen atoms in total. The first-order valence-corrected chi connectivity index (χ1v) is 11.6. The molecule has 9 heteroatoms. The van der Waals surface area contributed by atoms with Gasteiger partial charge in [0.05, 0.1) is 24.1 Å². The maximum atomic E-state index is 13.7. The fourth-order valence-corrected chi connectivity index (χ4v) is 4.96. The summed E-state index contributed by atoms with van der Waals surface area (Å²) in [7, 11) is 1.44. The number of aromatic hydroxyl groups is 1. The summed E-state index contributed by atoms with van der Waals surface area (Å²) in [5, 5.41) is 10.5. The lowest BCUT2D eigenvalue weighted by Crippen LogP contribution is -2.29. The van der Waals surface area contributed by atoms with Gasteiger partial charge in [0.2, 0.25) is 12.6 Å². The summed E-state index contributed by atoms with van der Waals surface area (Å²) in [6.45, 7) is 0.330. The molecule has 3 heterocycles. The lowest BCUT2D eigenvalue weighted by Gasteiger charge is -2.25. The Labute approximate surface area is 207 Å². The molecule has 0 unspecified atom stereocenters. The maximum Gasteiger partial charge on any atom is 0.291 e. The van der Waals surface area contributed by atoms with Gasteiger partial charge in [0.15, 0.2) is 28.4 Å². The topological polar surface area (TPSA) is 98.4 Å². The Morgan fingerprint density at radius 2 is 1.89 bits per heavy atom. The molecule has 3 aromatic carbocycles. The van der Waals surface area contributed by atoms with Crippen molar-refractivity contribution in [1.29, 1.82) is 0 Å². The number of hydrogen-bond acceptors (Lipinski definition) is 7. The number of ether oxygens (including phenoxy) is 3. The van der Waals surface area contributed by atoms with Crippen LogP contribution in [0.2, 0.25) is 0 Å². The average molecular weight is 536 g/mol. The van der Waals surface area contributed by atoms with Crippen molar-refractivity contribution in [3.63, 3.8) is 0 Å². The summed E-state index contributed by atoms with van der Waals surface area (Å²) in [6, 6.07) is 14.6. The van der Waals surface area contributed by atoms with Crippen molar-refractivity contribution in [1.82, 2.24) is 4.90 Å². The highest BCUT2D eigenvalue weighted by molar-refractivity contribution is 9.10. The van der Waals surface area contributed by atoms with Gasteiger partial charge in [-0.3, -0.25) is 9.59 Å². The van der Waals surface area contributed by atoms with E-state index in [4.69, 9.17) is 18.6 Å². The third-order valence-electron chi connectivity index (χ3n) is 6.24. The second kappa shape index (κ2) is 8.06. The van der Waals surface area contributed by atoms with Crippen LogP contribution in [0.3, 0.4) is 0 Å². The Kier molecular flexibility index (Phi) is 4.96. The number of carbonyl (C=O) groups excluding carboxylic acids is 1. The van der Waals surface area contributed by atoms with E-state index in [2.05, 4.69) is 15.9 Å². The summed E-state index contributed by atoms with van der Waals surface area (Å²) in [5.74, 6) is 1.02. The van der Waals surface area contributed by atoms with Gasteiger partial charge >= 0.3 is 0 Å². The monoisotopic (exact) mass is 535 g/mol. The molecule has 176 valence electrons. The number of phenolic OH excluding ortho intramolecular Hbond substituents is 1. The van der Waals surface area contributed by atoms with E-state index < -0.39 is 11.9 Å². The highest BCUT2D eigenvalue weighted by atomic mass is 79.9. The highest BCUT2D eigenvalue weighted by Crippen LogP contribution is 2.42. The number of rotatable bonds is 4. The van der Waals surface area contributed by atoms with Crippen LogP contribution >= 0.6 is 15.9 Å². The number of amides is 1. The van der Waals surface area contributed by atoms with Crippen molar-refractivity contribution in [2.45, 2.75) is 12.6 Å². The van der Waals surface area contributed by atoms with Gasteiger partial charge in [-0.15, -0.1) is 0 Å². The van der Waals surface area contributed by atoms with E-state index in [0.29, 0.717) is 28.0 Å². The van der Waals surface area contributed by atoms with Gasteiger partial charge < -0.3 is 28.6 Å². The van der Waals surface area contributed by atoms with Crippen molar-refractivity contribution < 1.29 is 28.5 Å². The first-order valence-electron chi connectivity index (χ1n) is 10.8. The molecule has 1 N–H and O–H groups in total. The Balaban J connectivity index is 1.54. The summed E-state index contributed by atoms with van der Waals surface area (Å²) in [5.41, 5.74) is 1.69. The number of fused-ring (bicyclic) bond motifs is 3. The molecule has 2 aliphatic heterocycles. The molecule has 35 heavy (non-hydrogen) atoms. The Hall–Kier alpha value is -3.98. The number of nitrogens with zero attached hydrogens (tertiary/aromatic N) is 1. The number of halogens is 1. The number of hydrogen-bond donors (Lipinski definition) is 1. The van der Waals surface area contributed by atoms with Crippen molar-refractivity contribution in [3.8, 4) is 23.0 Å². The molecule has 0 saturated carbocycles. The molecule has 0 bridgehead atoms.